The number of benzene rings is 1. The second-order valence-electron chi connectivity index (χ2n) is 13.5. The van der Waals surface area contributed by atoms with Gasteiger partial charge in [-0.1, -0.05) is 59.8 Å². The van der Waals surface area contributed by atoms with Crippen LogP contribution < -0.4 is 4.90 Å². The molecule has 0 N–H and O–H groups in total. The highest BCUT2D eigenvalue weighted by molar-refractivity contribution is 8.26. The molecule has 4 aliphatic heterocycles. The van der Waals surface area contributed by atoms with E-state index in [0.717, 1.165) is 87.0 Å². The Morgan fingerprint density at radius 1 is 0.769 bits per heavy atom. The van der Waals surface area contributed by atoms with Crippen molar-refractivity contribution in [2.45, 2.75) is 63.0 Å². The third-order valence-corrected chi connectivity index (χ3v) is 14.7. The van der Waals surface area contributed by atoms with Gasteiger partial charge in [0.25, 0.3) is 0 Å². The summed E-state index contributed by atoms with van der Waals surface area (Å²) >= 11 is 2.60. The summed E-state index contributed by atoms with van der Waals surface area (Å²) in [4.78, 5) is 98.5. The highest BCUT2D eigenvalue weighted by Gasteiger charge is 2.62. The topological polar surface area (TPSA) is 163 Å². The minimum atomic E-state index is -1.73. The van der Waals surface area contributed by atoms with Gasteiger partial charge in [-0.3, -0.25) is 24.2 Å². The smallest absolute Gasteiger partial charge is 0.345 e. The number of hydrogen-bond acceptors (Lipinski definition) is 14. The molecule has 0 bridgehead atoms. The van der Waals surface area contributed by atoms with E-state index in [1.807, 2.05) is 26.0 Å². The van der Waals surface area contributed by atoms with Crippen molar-refractivity contribution in [3.63, 3.8) is 0 Å². The molecule has 52 heavy (non-hydrogen) atoms. The fourth-order valence-corrected chi connectivity index (χ4v) is 12.9. The lowest BCUT2D eigenvalue weighted by Gasteiger charge is -2.51. The van der Waals surface area contributed by atoms with E-state index in [1.165, 1.54) is 4.90 Å². The number of esters is 4. The molecule has 0 unspecified atom stereocenters. The predicted molar refractivity (Wildman–Crippen MR) is 194 cm³/mol. The summed E-state index contributed by atoms with van der Waals surface area (Å²) in [5.74, 6) is -5.65. The zero-order chi connectivity index (χ0) is 38.0. The summed E-state index contributed by atoms with van der Waals surface area (Å²) in [6, 6.07) is 3.71. The standard InChI is InChI=1S/C36H38N2O11S3/c1-16-13-17(2)24-20(14-16)22-28(35(3,4)38(24)21(39)15-37-29(40)18-11-9-10-12-19(18)30(37)41)50-25(32(43)47-6)23(31(42)46-5)36(22)51-26(33(44)48-7)27(52-36)34(45)49-8/h13-14,18-19H,9-12,15H2,1-8H3/t18-,19+. The van der Waals surface area contributed by atoms with Crippen molar-refractivity contribution in [3.05, 3.63) is 54.0 Å². The van der Waals surface area contributed by atoms with Gasteiger partial charge >= 0.3 is 23.9 Å². The maximum atomic E-state index is 14.7. The second kappa shape index (κ2) is 13.8. The van der Waals surface area contributed by atoms with E-state index >= 15 is 0 Å². The van der Waals surface area contributed by atoms with Gasteiger partial charge in [0, 0.05) is 16.0 Å². The molecule has 3 amide bonds. The third kappa shape index (κ3) is 5.59. The van der Waals surface area contributed by atoms with Crippen LogP contribution in [0.25, 0.3) is 5.57 Å². The van der Waals surface area contributed by atoms with Crippen molar-refractivity contribution in [2.24, 2.45) is 11.8 Å². The number of thioether (sulfide) groups is 3. The van der Waals surface area contributed by atoms with E-state index in [2.05, 4.69) is 0 Å². The molecular formula is C36H38N2O11S3. The molecule has 0 radical (unpaired) electrons. The molecular weight excluding hydrogens is 733 g/mol. The number of aryl methyl sites for hydroxylation is 2. The Labute approximate surface area is 313 Å². The van der Waals surface area contributed by atoms with Gasteiger partial charge in [-0.05, 0) is 52.2 Å². The Kier molecular flexibility index (Phi) is 9.98. The molecule has 1 saturated carbocycles. The maximum absolute atomic E-state index is 14.7. The minimum absolute atomic E-state index is 0.154. The summed E-state index contributed by atoms with van der Waals surface area (Å²) in [6.45, 7) is 6.70. The van der Waals surface area contributed by atoms with Crippen molar-refractivity contribution in [1.82, 2.24) is 4.90 Å². The molecule has 276 valence electrons. The van der Waals surface area contributed by atoms with Crippen LogP contribution in [0.3, 0.4) is 0 Å². The number of nitrogens with zero attached hydrogens (tertiary/aromatic N) is 2. The first-order chi connectivity index (χ1) is 24.6. The van der Waals surface area contributed by atoms with Gasteiger partial charge in [-0.25, -0.2) is 19.2 Å². The first kappa shape index (κ1) is 37.7. The van der Waals surface area contributed by atoms with Crippen molar-refractivity contribution in [3.8, 4) is 0 Å². The molecule has 1 saturated heterocycles. The molecule has 1 aromatic carbocycles. The van der Waals surface area contributed by atoms with Crippen LogP contribution in [0.15, 0.2) is 37.3 Å². The zero-order valence-electron chi connectivity index (χ0n) is 30.0. The number of methoxy groups -OCH3 is 4. The van der Waals surface area contributed by atoms with Gasteiger partial charge in [-0.2, -0.15) is 0 Å². The lowest BCUT2D eigenvalue weighted by Crippen LogP contribution is -2.56. The van der Waals surface area contributed by atoms with Crippen LogP contribution in [-0.2, 0) is 52.5 Å². The van der Waals surface area contributed by atoms with Crippen LogP contribution in [0.2, 0.25) is 0 Å². The van der Waals surface area contributed by atoms with Crippen LogP contribution in [0.5, 0.6) is 0 Å². The summed E-state index contributed by atoms with van der Waals surface area (Å²) in [5.41, 5.74) is 1.31. The molecule has 1 aliphatic carbocycles. The van der Waals surface area contributed by atoms with E-state index < -0.39 is 57.8 Å². The number of hydrogen-bond donors (Lipinski definition) is 0. The van der Waals surface area contributed by atoms with Crippen LogP contribution in [-0.4, -0.2) is 91.1 Å². The van der Waals surface area contributed by atoms with Gasteiger partial charge in [-0.15, -0.1) is 0 Å². The number of rotatable bonds is 6. The van der Waals surface area contributed by atoms with Crippen LogP contribution >= 0.6 is 35.3 Å². The number of anilines is 1. The fraction of sp³-hybridized carbons (Fsp3) is 0.472. The van der Waals surface area contributed by atoms with Gasteiger partial charge in [0.2, 0.25) is 17.7 Å². The third-order valence-electron chi connectivity index (χ3n) is 10.0. The maximum Gasteiger partial charge on any atom is 0.345 e. The number of amides is 3. The quantitative estimate of drug-likeness (QED) is 0.227. The van der Waals surface area contributed by atoms with Crippen LogP contribution in [0, 0.1) is 25.7 Å². The van der Waals surface area contributed by atoms with E-state index in [1.54, 1.807) is 13.8 Å². The van der Waals surface area contributed by atoms with E-state index in [4.69, 9.17) is 18.9 Å². The van der Waals surface area contributed by atoms with Crippen molar-refractivity contribution < 1.29 is 52.5 Å². The number of imide groups is 1. The largest absolute Gasteiger partial charge is 0.466 e. The second-order valence-corrected chi connectivity index (χ2v) is 17.2. The highest BCUT2D eigenvalue weighted by atomic mass is 32.2. The van der Waals surface area contributed by atoms with Gasteiger partial charge in [0.05, 0.1) is 57.1 Å². The molecule has 2 atom stereocenters. The summed E-state index contributed by atoms with van der Waals surface area (Å²) in [6.07, 6.45) is 2.88. The highest BCUT2D eigenvalue weighted by Crippen LogP contribution is 2.71. The SMILES string of the molecule is COC(=O)C1=C(C(=O)OC)SC2(S1)C(C(=O)OC)=C(C(=O)OC)SC1=C2c2cc(C)cc(C)c2N(C(=O)CN2C(=O)[C@H]3CCCC[C@H]3C2=O)C1(C)C. The Hall–Kier alpha value is -4.02. The average Bonchev–Trinajstić information content (AvgIpc) is 3.62. The first-order valence-corrected chi connectivity index (χ1v) is 19.0. The van der Waals surface area contributed by atoms with Crippen molar-refractivity contribution in [2.75, 3.05) is 39.9 Å². The fourth-order valence-electron chi connectivity index (χ4n) is 7.84. The van der Waals surface area contributed by atoms with Gasteiger partial charge in [0.1, 0.15) is 25.3 Å². The van der Waals surface area contributed by atoms with Crippen LogP contribution in [0.4, 0.5) is 5.69 Å². The van der Waals surface area contributed by atoms with E-state index in [-0.39, 0.29) is 32.1 Å². The van der Waals surface area contributed by atoms with E-state index in [9.17, 15) is 33.6 Å². The zero-order valence-corrected chi connectivity index (χ0v) is 32.4. The van der Waals surface area contributed by atoms with Crippen molar-refractivity contribution in [1.29, 1.82) is 0 Å². The Morgan fingerprint density at radius 3 is 1.77 bits per heavy atom. The molecule has 5 aliphatic rings. The predicted octanol–water partition coefficient (Wildman–Crippen LogP) is 4.40. The Morgan fingerprint density at radius 2 is 1.27 bits per heavy atom. The van der Waals surface area contributed by atoms with Gasteiger partial charge in [0.15, 0.2) is 0 Å². The molecule has 1 aromatic rings. The molecule has 6 rings (SSSR count). The lowest BCUT2D eigenvalue weighted by atomic mass is 9.81. The average molecular weight is 771 g/mol. The lowest BCUT2D eigenvalue weighted by molar-refractivity contribution is -0.143. The molecule has 0 aromatic heterocycles. The molecule has 2 fully saturated rings. The molecule has 4 heterocycles. The van der Waals surface area contributed by atoms with Crippen molar-refractivity contribution >= 4 is 88.1 Å². The summed E-state index contributed by atoms with van der Waals surface area (Å²) in [5, 5.41) is 0. The summed E-state index contributed by atoms with van der Waals surface area (Å²) in [7, 11) is 4.61. The first-order valence-electron chi connectivity index (χ1n) is 16.5. The number of fused-ring (bicyclic) bond motifs is 4. The normalized spacial score (nSPS) is 23.0. The molecule has 13 nitrogen and oxygen atoms in total. The number of ether oxygens (including phenoxy) is 4. The van der Waals surface area contributed by atoms with Crippen LogP contribution in [0.1, 0.15) is 56.2 Å². The Bertz CT molecular complexity index is 1910. The minimum Gasteiger partial charge on any atom is -0.466 e. The summed E-state index contributed by atoms with van der Waals surface area (Å²) < 4.78 is 18.8. The molecule has 1 spiro atoms. The molecule has 16 heteroatoms. The number of carbonyl (C=O) groups excluding carboxylic acids is 7. The van der Waals surface area contributed by atoms with E-state index in [0.29, 0.717) is 40.1 Å². The monoisotopic (exact) mass is 770 g/mol. The number of likely N-dealkylation sites (tertiary alicyclic amines) is 1. The van der Waals surface area contributed by atoms with Gasteiger partial charge < -0.3 is 18.9 Å². The Balaban J connectivity index is 1.60. The number of carbonyl (C=O) groups is 7.